The van der Waals surface area contributed by atoms with Crippen LogP contribution >= 0.6 is 0 Å². The summed E-state index contributed by atoms with van der Waals surface area (Å²) in [6, 6.07) is 9.21. The lowest BCUT2D eigenvalue weighted by Gasteiger charge is -2.23. The van der Waals surface area contributed by atoms with Crippen LogP contribution in [0.2, 0.25) is 0 Å². The van der Waals surface area contributed by atoms with E-state index < -0.39 is 0 Å². The van der Waals surface area contributed by atoms with Gasteiger partial charge < -0.3 is 5.32 Å². The number of hydrogen-bond donors (Lipinski definition) is 1. The average molecular weight is 219 g/mol. The van der Waals surface area contributed by atoms with Crippen molar-refractivity contribution in [1.29, 1.82) is 0 Å². The molecular formula is C15H25N. The van der Waals surface area contributed by atoms with Gasteiger partial charge in [-0.2, -0.15) is 0 Å². The summed E-state index contributed by atoms with van der Waals surface area (Å²) in [5.74, 6) is 0.831. The van der Waals surface area contributed by atoms with Crippen molar-refractivity contribution in [3.63, 3.8) is 0 Å². The van der Waals surface area contributed by atoms with Crippen molar-refractivity contribution in [2.24, 2.45) is 5.92 Å². The topological polar surface area (TPSA) is 12.0 Å². The van der Waals surface area contributed by atoms with Gasteiger partial charge in [-0.25, -0.2) is 0 Å². The second-order valence-electron chi connectivity index (χ2n) is 4.62. The normalized spacial score (nSPS) is 13.1. The molecule has 0 fully saturated rings. The van der Waals surface area contributed by atoms with Gasteiger partial charge in [-0.05, 0) is 37.4 Å². The molecule has 16 heavy (non-hydrogen) atoms. The van der Waals surface area contributed by atoms with E-state index in [1.54, 1.807) is 0 Å². The van der Waals surface area contributed by atoms with E-state index in [1.807, 2.05) is 0 Å². The molecule has 1 nitrogen and oxygen atoms in total. The van der Waals surface area contributed by atoms with Crippen LogP contribution in [-0.2, 0) is 0 Å². The predicted molar refractivity (Wildman–Crippen MR) is 71.7 cm³/mol. The summed E-state index contributed by atoms with van der Waals surface area (Å²) in [5, 5.41) is 3.46. The first kappa shape index (κ1) is 13.2. The molecule has 0 heterocycles. The predicted octanol–water partition coefficient (Wildman–Crippen LogP) is 4.08. The standard InChI is InChI=1S/C15H25N/c1-5-13(6-2)11-15(16-4)14-10-8-7-9-12(14)3/h7-10,13,15-16H,5-6,11H2,1-4H3. The zero-order valence-corrected chi connectivity index (χ0v) is 11.1. The maximum atomic E-state index is 3.46. The molecular weight excluding hydrogens is 194 g/mol. The molecule has 1 N–H and O–H groups in total. The lowest BCUT2D eigenvalue weighted by molar-refractivity contribution is 0.384. The van der Waals surface area contributed by atoms with Crippen LogP contribution in [0.5, 0.6) is 0 Å². The van der Waals surface area contributed by atoms with Gasteiger partial charge in [0.05, 0.1) is 0 Å². The Balaban J connectivity index is 2.78. The number of hydrogen-bond acceptors (Lipinski definition) is 1. The third-order valence-corrected chi connectivity index (χ3v) is 3.64. The second-order valence-corrected chi connectivity index (χ2v) is 4.62. The van der Waals surface area contributed by atoms with Crippen LogP contribution in [0, 0.1) is 12.8 Å². The molecule has 1 aromatic carbocycles. The third kappa shape index (κ3) is 3.34. The van der Waals surface area contributed by atoms with Gasteiger partial charge in [-0.1, -0.05) is 51.0 Å². The highest BCUT2D eigenvalue weighted by Crippen LogP contribution is 2.26. The maximum absolute atomic E-state index is 3.46. The van der Waals surface area contributed by atoms with E-state index in [9.17, 15) is 0 Å². The van der Waals surface area contributed by atoms with Crippen molar-refractivity contribution in [2.75, 3.05) is 7.05 Å². The van der Waals surface area contributed by atoms with Gasteiger partial charge in [0.15, 0.2) is 0 Å². The van der Waals surface area contributed by atoms with E-state index in [1.165, 1.54) is 30.4 Å². The SMILES string of the molecule is CCC(CC)CC(NC)c1ccccc1C. The van der Waals surface area contributed by atoms with Crippen molar-refractivity contribution < 1.29 is 0 Å². The van der Waals surface area contributed by atoms with E-state index in [0.29, 0.717) is 6.04 Å². The fourth-order valence-electron chi connectivity index (χ4n) is 2.33. The molecule has 0 saturated carbocycles. The minimum absolute atomic E-state index is 0.506. The Hall–Kier alpha value is -0.820. The molecule has 0 saturated heterocycles. The van der Waals surface area contributed by atoms with Crippen molar-refractivity contribution in [3.8, 4) is 0 Å². The lowest BCUT2D eigenvalue weighted by atomic mass is 9.89. The summed E-state index contributed by atoms with van der Waals surface area (Å²) in [5.41, 5.74) is 2.85. The summed E-state index contributed by atoms with van der Waals surface area (Å²) in [6.07, 6.45) is 3.80. The molecule has 0 spiro atoms. The van der Waals surface area contributed by atoms with Gasteiger partial charge in [0.1, 0.15) is 0 Å². The molecule has 0 aliphatic carbocycles. The van der Waals surface area contributed by atoms with Gasteiger partial charge in [0.25, 0.3) is 0 Å². The molecule has 0 aromatic heterocycles. The van der Waals surface area contributed by atoms with Gasteiger partial charge in [0.2, 0.25) is 0 Å². The van der Waals surface area contributed by atoms with Gasteiger partial charge in [0, 0.05) is 6.04 Å². The van der Waals surface area contributed by atoms with E-state index in [0.717, 1.165) is 5.92 Å². The molecule has 0 aliphatic heterocycles. The van der Waals surface area contributed by atoms with E-state index in [-0.39, 0.29) is 0 Å². The van der Waals surface area contributed by atoms with Crippen molar-refractivity contribution in [2.45, 2.75) is 46.1 Å². The third-order valence-electron chi connectivity index (χ3n) is 3.64. The Morgan fingerprint density at radius 3 is 2.25 bits per heavy atom. The van der Waals surface area contributed by atoms with E-state index in [4.69, 9.17) is 0 Å². The summed E-state index contributed by atoms with van der Waals surface area (Å²) < 4.78 is 0. The van der Waals surface area contributed by atoms with Crippen molar-refractivity contribution in [3.05, 3.63) is 35.4 Å². The van der Waals surface area contributed by atoms with Crippen molar-refractivity contribution >= 4 is 0 Å². The number of nitrogens with one attached hydrogen (secondary N) is 1. The molecule has 90 valence electrons. The fourth-order valence-corrected chi connectivity index (χ4v) is 2.33. The molecule has 1 atom stereocenters. The highest BCUT2D eigenvalue weighted by molar-refractivity contribution is 5.28. The highest BCUT2D eigenvalue weighted by atomic mass is 14.9. The van der Waals surface area contributed by atoms with Crippen LogP contribution in [0.1, 0.15) is 50.3 Å². The first-order valence-corrected chi connectivity index (χ1v) is 6.45. The Morgan fingerprint density at radius 2 is 1.75 bits per heavy atom. The van der Waals surface area contributed by atoms with Crippen LogP contribution in [-0.4, -0.2) is 7.05 Å². The zero-order valence-electron chi connectivity index (χ0n) is 11.1. The summed E-state index contributed by atoms with van der Waals surface area (Å²) >= 11 is 0. The maximum Gasteiger partial charge on any atom is 0.0322 e. The van der Waals surface area contributed by atoms with Crippen LogP contribution in [0.25, 0.3) is 0 Å². The molecule has 1 unspecified atom stereocenters. The summed E-state index contributed by atoms with van der Waals surface area (Å²) in [4.78, 5) is 0. The summed E-state index contributed by atoms with van der Waals surface area (Å²) in [6.45, 7) is 6.78. The molecule has 0 bridgehead atoms. The Morgan fingerprint density at radius 1 is 1.12 bits per heavy atom. The first-order valence-electron chi connectivity index (χ1n) is 6.45. The average Bonchev–Trinajstić information content (AvgIpc) is 2.32. The molecule has 1 rings (SSSR count). The molecule has 1 aromatic rings. The second kappa shape index (κ2) is 6.70. The Bertz CT molecular complexity index is 302. The fraction of sp³-hybridized carbons (Fsp3) is 0.600. The number of aryl methyl sites for hydroxylation is 1. The lowest BCUT2D eigenvalue weighted by Crippen LogP contribution is -2.20. The van der Waals surface area contributed by atoms with Crippen molar-refractivity contribution in [1.82, 2.24) is 5.32 Å². The number of rotatable bonds is 6. The quantitative estimate of drug-likeness (QED) is 0.760. The smallest absolute Gasteiger partial charge is 0.0322 e. The summed E-state index contributed by atoms with van der Waals surface area (Å²) in [7, 11) is 2.07. The number of benzene rings is 1. The van der Waals surface area contributed by atoms with Crippen LogP contribution < -0.4 is 5.32 Å². The molecule has 0 aliphatic rings. The molecule has 0 amide bonds. The highest BCUT2D eigenvalue weighted by Gasteiger charge is 2.15. The van der Waals surface area contributed by atoms with Crippen LogP contribution in [0.4, 0.5) is 0 Å². The first-order chi connectivity index (χ1) is 7.72. The van der Waals surface area contributed by atoms with Gasteiger partial charge >= 0.3 is 0 Å². The van der Waals surface area contributed by atoms with Gasteiger partial charge in [-0.15, -0.1) is 0 Å². The largest absolute Gasteiger partial charge is 0.313 e. The minimum atomic E-state index is 0.506. The minimum Gasteiger partial charge on any atom is -0.313 e. The van der Waals surface area contributed by atoms with E-state index >= 15 is 0 Å². The van der Waals surface area contributed by atoms with Crippen LogP contribution in [0.15, 0.2) is 24.3 Å². The Labute approximate surface area is 100 Å². The molecule has 1 heteroatoms. The Kier molecular flexibility index (Phi) is 5.54. The zero-order chi connectivity index (χ0) is 12.0. The monoisotopic (exact) mass is 219 g/mol. The van der Waals surface area contributed by atoms with E-state index in [2.05, 4.69) is 57.4 Å². The molecule has 0 radical (unpaired) electrons. The van der Waals surface area contributed by atoms with Crippen LogP contribution in [0.3, 0.4) is 0 Å². The van der Waals surface area contributed by atoms with Gasteiger partial charge in [-0.3, -0.25) is 0 Å².